The Morgan fingerprint density at radius 2 is 2.09 bits per heavy atom. The monoisotopic (exact) mass is 399 g/mol. The molecule has 0 bridgehead atoms. The molecule has 0 amide bonds. The molecule has 0 fully saturated rings. The number of nitrogen functional groups attached to an aromatic ring is 1. The molecule has 22 heavy (non-hydrogen) atoms. The Morgan fingerprint density at radius 3 is 2.86 bits per heavy atom. The van der Waals surface area contributed by atoms with E-state index in [0.29, 0.717) is 26.6 Å². The first-order valence-electron chi connectivity index (χ1n) is 6.02. The minimum Gasteiger partial charge on any atom is -0.383 e. The number of anilines is 1. The Bertz CT molecular complexity index is 921. The minimum absolute atomic E-state index is 0.238. The maximum atomic E-state index is 12.1. The zero-order valence-electron chi connectivity index (χ0n) is 10.8. The third-order valence-corrected chi connectivity index (χ3v) is 4.21. The topological polar surface area (TPSA) is 89.6 Å². The molecule has 3 N–H and O–H groups in total. The van der Waals surface area contributed by atoms with Crippen molar-refractivity contribution in [3.05, 3.63) is 55.5 Å². The van der Waals surface area contributed by atoms with Gasteiger partial charge in [-0.3, -0.25) is 0 Å². The van der Waals surface area contributed by atoms with Gasteiger partial charge in [0.05, 0.1) is 21.3 Å². The van der Waals surface area contributed by atoms with E-state index in [1.807, 2.05) is 0 Å². The number of nitrogens with two attached hydrogens (primary N) is 1. The number of nitrogens with zero attached hydrogens (tertiary/aromatic N) is 3. The molecule has 9 heteroatoms. The molecule has 0 aliphatic carbocycles. The first-order chi connectivity index (χ1) is 10.5. The molecule has 1 aromatic carbocycles. The SMILES string of the molecule is Nc1ncc(Br)cc1-c1n[nH]c(=O)n1-c1cccc(Cl)c1Cl. The maximum absolute atomic E-state index is 12.1. The zero-order chi connectivity index (χ0) is 15.9. The summed E-state index contributed by atoms with van der Waals surface area (Å²) < 4.78 is 2.00. The van der Waals surface area contributed by atoms with Crippen LogP contribution < -0.4 is 11.4 Å². The van der Waals surface area contributed by atoms with Gasteiger partial charge in [-0.05, 0) is 34.1 Å². The van der Waals surface area contributed by atoms with Crippen LogP contribution in [0.25, 0.3) is 17.1 Å². The van der Waals surface area contributed by atoms with Crippen molar-refractivity contribution in [1.82, 2.24) is 19.7 Å². The van der Waals surface area contributed by atoms with E-state index in [-0.39, 0.29) is 10.8 Å². The lowest BCUT2D eigenvalue weighted by atomic mass is 10.2. The molecule has 112 valence electrons. The summed E-state index contributed by atoms with van der Waals surface area (Å²) in [6.07, 6.45) is 1.56. The van der Waals surface area contributed by atoms with Crippen LogP contribution in [0.4, 0.5) is 5.82 Å². The van der Waals surface area contributed by atoms with Gasteiger partial charge in [0.1, 0.15) is 5.82 Å². The van der Waals surface area contributed by atoms with Crippen LogP contribution in [0.3, 0.4) is 0 Å². The average Bonchev–Trinajstić information content (AvgIpc) is 2.86. The first-order valence-corrected chi connectivity index (χ1v) is 7.57. The lowest BCUT2D eigenvalue weighted by Gasteiger charge is -2.10. The van der Waals surface area contributed by atoms with Gasteiger partial charge in [-0.2, -0.15) is 5.10 Å². The number of hydrogen-bond donors (Lipinski definition) is 2. The van der Waals surface area contributed by atoms with Crippen LogP contribution in [0.5, 0.6) is 0 Å². The Balaban J connectivity index is 2.31. The molecule has 0 saturated heterocycles. The van der Waals surface area contributed by atoms with Crippen LogP contribution >= 0.6 is 39.1 Å². The minimum atomic E-state index is -0.460. The lowest BCUT2D eigenvalue weighted by molar-refractivity contribution is 0.985. The number of H-pyrrole nitrogens is 1. The van der Waals surface area contributed by atoms with Crippen molar-refractivity contribution in [2.75, 3.05) is 5.73 Å². The van der Waals surface area contributed by atoms with Crippen LogP contribution in [0.15, 0.2) is 39.7 Å². The lowest BCUT2D eigenvalue weighted by Crippen LogP contribution is -2.16. The Hall–Kier alpha value is -1.83. The van der Waals surface area contributed by atoms with Crippen LogP contribution in [0.2, 0.25) is 10.0 Å². The van der Waals surface area contributed by atoms with E-state index in [1.54, 1.807) is 30.5 Å². The first kappa shape index (κ1) is 15.1. The van der Waals surface area contributed by atoms with Gasteiger partial charge >= 0.3 is 5.69 Å². The fraction of sp³-hybridized carbons (Fsp3) is 0. The predicted octanol–water partition coefficient (Wildman–Crippen LogP) is 3.27. The summed E-state index contributed by atoms with van der Waals surface area (Å²) in [6, 6.07) is 6.70. The molecule has 0 spiro atoms. The van der Waals surface area contributed by atoms with Crippen LogP contribution in [-0.4, -0.2) is 19.7 Å². The number of pyridine rings is 1. The number of nitrogens with one attached hydrogen (secondary N) is 1. The normalized spacial score (nSPS) is 10.9. The molecule has 3 aromatic rings. The van der Waals surface area contributed by atoms with E-state index in [1.165, 1.54) is 4.57 Å². The fourth-order valence-electron chi connectivity index (χ4n) is 2.00. The predicted molar refractivity (Wildman–Crippen MR) is 89.5 cm³/mol. The molecule has 0 aliphatic heterocycles. The zero-order valence-corrected chi connectivity index (χ0v) is 13.9. The van der Waals surface area contributed by atoms with Gasteiger partial charge in [0.15, 0.2) is 5.82 Å². The summed E-state index contributed by atoms with van der Waals surface area (Å²) in [5.74, 6) is 0.530. The summed E-state index contributed by atoms with van der Waals surface area (Å²) in [6.45, 7) is 0. The molecule has 6 nitrogen and oxygen atoms in total. The van der Waals surface area contributed by atoms with Gasteiger partial charge in [-0.15, -0.1) is 0 Å². The summed E-state index contributed by atoms with van der Waals surface area (Å²) in [5.41, 5.74) is 6.32. The number of aromatic amines is 1. The van der Waals surface area contributed by atoms with Crippen LogP contribution in [-0.2, 0) is 0 Å². The molecule has 0 atom stereocenters. The third-order valence-electron chi connectivity index (χ3n) is 2.97. The van der Waals surface area contributed by atoms with Gasteiger partial charge in [0.2, 0.25) is 0 Å². The highest BCUT2D eigenvalue weighted by molar-refractivity contribution is 9.10. The van der Waals surface area contributed by atoms with Gasteiger partial charge in [-0.25, -0.2) is 19.4 Å². The molecule has 3 rings (SSSR count). The smallest absolute Gasteiger partial charge is 0.348 e. The number of rotatable bonds is 2. The number of hydrogen-bond acceptors (Lipinski definition) is 4. The molecule has 2 aromatic heterocycles. The molecule has 2 heterocycles. The van der Waals surface area contributed by atoms with Crippen molar-refractivity contribution in [3.63, 3.8) is 0 Å². The summed E-state index contributed by atoms with van der Waals surface area (Å²) in [5, 5.41) is 6.98. The van der Waals surface area contributed by atoms with E-state index >= 15 is 0 Å². The summed E-state index contributed by atoms with van der Waals surface area (Å²) in [4.78, 5) is 16.2. The summed E-state index contributed by atoms with van der Waals surface area (Å²) in [7, 11) is 0. The molecule has 0 saturated carbocycles. The largest absolute Gasteiger partial charge is 0.383 e. The van der Waals surface area contributed by atoms with Crippen LogP contribution in [0.1, 0.15) is 0 Å². The summed E-state index contributed by atoms with van der Waals surface area (Å²) >= 11 is 15.5. The Labute approximate surface area is 143 Å². The molecular formula is C13H8BrCl2N5O. The van der Waals surface area contributed by atoms with E-state index in [4.69, 9.17) is 28.9 Å². The van der Waals surface area contributed by atoms with E-state index < -0.39 is 5.69 Å². The van der Waals surface area contributed by atoms with Gasteiger partial charge < -0.3 is 5.73 Å². The van der Waals surface area contributed by atoms with Crippen molar-refractivity contribution in [2.45, 2.75) is 0 Å². The average molecular weight is 401 g/mol. The Morgan fingerprint density at radius 1 is 1.32 bits per heavy atom. The maximum Gasteiger partial charge on any atom is 0.348 e. The van der Waals surface area contributed by atoms with Crippen molar-refractivity contribution in [1.29, 1.82) is 0 Å². The van der Waals surface area contributed by atoms with Gasteiger partial charge in [0.25, 0.3) is 0 Å². The second-order valence-electron chi connectivity index (χ2n) is 4.35. The quantitative estimate of drug-likeness (QED) is 0.690. The molecule has 0 aliphatic rings. The fourth-order valence-corrected chi connectivity index (χ4v) is 2.71. The molecular weight excluding hydrogens is 393 g/mol. The highest BCUT2D eigenvalue weighted by Gasteiger charge is 2.18. The van der Waals surface area contributed by atoms with Gasteiger partial charge in [0, 0.05) is 10.7 Å². The highest BCUT2D eigenvalue weighted by atomic mass is 79.9. The number of benzene rings is 1. The number of aromatic nitrogens is 4. The van der Waals surface area contributed by atoms with Crippen molar-refractivity contribution in [3.8, 4) is 17.1 Å². The second-order valence-corrected chi connectivity index (χ2v) is 6.05. The van der Waals surface area contributed by atoms with Crippen molar-refractivity contribution < 1.29 is 0 Å². The number of halogens is 3. The van der Waals surface area contributed by atoms with E-state index in [2.05, 4.69) is 31.1 Å². The van der Waals surface area contributed by atoms with E-state index in [9.17, 15) is 4.79 Å². The second kappa shape index (κ2) is 5.75. The third kappa shape index (κ3) is 2.51. The van der Waals surface area contributed by atoms with Crippen molar-refractivity contribution in [2.24, 2.45) is 0 Å². The van der Waals surface area contributed by atoms with Gasteiger partial charge in [-0.1, -0.05) is 29.3 Å². The highest BCUT2D eigenvalue weighted by Crippen LogP contribution is 2.31. The standard InChI is InChI=1S/C13H8BrCl2N5O/c14-6-4-7(11(17)18-5-6)12-19-20-13(22)21(12)9-3-1-2-8(15)10(9)16/h1-5H,(H2,17,18)(H,20,22). The molecule has 0 unspecified atom stereocenters. The molecule has 0 radical (unpaired) electrons. The van der Waals surface area contributed by atoms with Crippen LogP contribution in [0, 0.1) is 0 Å². The van der Waals surface area contributed by atoms with Crippen molar-refractivity contribution >= 4 is 44.9 Å². The van der Waals surface area contributed by atoms with E-state index in [0.717, 1.165) is 0 Å². The Kier molecular flexibility index (Phi) is 3.94.